The Kier molecular flexibility index (Phi) is 5.13. The minimum absolute atomic E-state index is 0.0753. The number of pyridine rings is 1. The van der Waals surface area contributed by atoms with Gasteiger partial charge in [-0.1, -0.05) is 6.92 Å². The summed E-state index contributed by atoms with van der Waals surface area (Å²) in [5, 5.41) is 5.66. The zero-order valence-corrected chi connectivity index (χ0v) is 13.6. The van der Waals surface area contributed by atoms with Crippen molar-refractivity contribution in [3.63, 3.8) is 0 Å². The Morgan fingerprint density at radius 2 is 2.25 bits per heavy atom. The minimum Gasteiger partial charge on any atom is -0.379 e. The molecule has 0 saturated carbocycles. The van der Waals surface area contributed by atoms with E-state index < -0.39 is 0 Å². The molecule has 4 heteroatoms. The van der Waals surface area contributed by atoms with Crippen molar-refractivity contribution in [2.24, 2.45) is 0 Å². The molecular formula is C16H24N2OS. The summed E-state index contributed by atoms with van der Waals surface area (Å²) < 4.78 is 6.78. The molecule has 20 heavy (non-hydrogen) atoms. The van der Waals surface area contributed by atoms with E-state index in [9.17, 15) is 0 Å². The number of hydrogen-bond donors (Lipinski definition) is 1. The normalized spacial score (nSPS) is 13.8. The zero-order valence-electron chi connectivity index (χ0n) is 12.8. The molecule has 0 aromatic carbocycles. The first-order valence-electron chi connectivity index (χ1n) is 7.17. The number of fused-ring (bicyclic) bond motifs is 1. The zero-order chi connectivity index (χ0) is 14.6. The second-order valence-electron chi connectivity index (χ2n) is 5.69. The Morgan fingerprint density at radius 3 is 2.95 bits per heavy atom. The summed E-state index contributed by atoms with van der Waals surface area (Å²) in [6.45, 7) is 7.37. The maximum absolute atomic E-state index is 5.52. The first-order chi connectivity index (χ1) is 9.55. The predicted octanol–water partition coefficient (Wildman–Crippen LogP) is 4.15. The van der Waals surface area contributed by atoms with Gasteiger partial charge in [-0.25, -0.2) is 0 Å². The van der Waals surface area contributed by atoms with E-state index in [4.69, 9.17) is 4.74 Å². The molecule has 0 aliphatic heterocycles. The fourth-order valence-corrected chi connectivity index (χ4v) is 3.07. The number of rotatable bonds is 7. The Balaban J connectivity index is 2.14. The average molecular weight is 292 g/mol. The van der Waals surface area contributed by atoms with Gasteiger partial charge >= 0.3 is 0 Å². The Bertz CT molecular complexity index is 550. The molecule has 2 rings (SSSR count). The molecule has 0 amide bonds. The molecule has 1 atom stereocenters. The Morgan fingerprint density at radius 1 is 1.45 bits per heavy atom. The molecule has 3 nitrogen and oxygen atoms in total. The Labute approximate surface area is 125 Å². The number of aromatic nitrogens is 1. The standard InChI is InChI=1S/C16H24N2OS/c1-5-17-13(6-8-16(2,3)19-4)12-10-15-14(18-11-12)7-9-20-15/h7,9-11,13,17H,5-6,8H2,1-4H3. The van der Waals surface area contributed by atoms with Crippen molar-refractivity contribution in [2.75, 3.05) is 13.7 Å². The Hall–Kier alpha value is -0.970. The maximum atomic E-state index is 5.52. The summed E-state index contributed by atoms with van der Waals surface area (Å²) in [6, 6.07) is 4.67. The third-order valence-electron chi connectivity index (χ3n) is 3.76. The van der Waals surface area contributed by atoms with Gasteiger partial charge < -0.3 is 10.1 Å². The molecule has 110 valence electrons. The molecule has 2 heterocycles. The highest BCUT2D eigenvalue weighted by molar-refractivity contribution is 7.17. The van der Waals surface area contributed by atoms with E-state index >= 15 is 0 Å². The molecular weight excluding hydrogens is 268 g/mol. The van der Waals surface area contributed by atoms with Crippen LogP contribution >= 0.6 is 11.3 Å². The summed E-state index contributed by atoms with van der Waals surface area (Å²) in [7, 11) is 1.78. The first kappa shape index (κ1) is 15.4. The van der Waals surface area contributed by atoms with Gasteiger partial charge in [0.2, 0.25) is 0 Å². The van der Waals surface area contributed by atoms with E-state index in [-0.39, 0.29) is 5.60 Å². The van der Waals surface area contributed by atoms with Crippen molar-refractivity contribution in [1.82, 2.24) is 10.3 Å². The number of ether oxygens (including phenoxy) is 1. The summed E-state index contributed by atoms with van der Waals surface area (Å²) in [5.74, 6) is 0. The van der Waals surface area contributed by atoms with Gasteiger partial charge in [0.15, 0.2) is 0 Å². The van der Waals surface area contributed by atoms with Crippen LogP contribution < -0.4 is 5.32 Å². The van der Waals surface area contributed by atoms with Crippen LogP contribution in [0, 0.1) is 0 Å². The monoisotopic (exact) mass is 292 g/mol. The SMILES string of the molecule is CCNC(CCC(C)(C)OC)c1cnc2ccsc2c1. The van der Waals surface area contributed by atoms with Crippen LogP contribution in [-0.4, -0.2) is 24.2 Å². The van der Waals surface area contributed by atoms with Crippen molar-refractivity contribution in [3.05, 3.63) is 29.3 Å². The van der Waals surface area contributed by atoms with Crippen LogP contribution in [0.15, 0.2) is 23.7 Å². The molecule has 0 aliphatic carbocycles. The summed E-state index contributed by atoms with van der Waals surface area (Å²) >= 11 is 1.75. The number of nitrogens with zero attached hydrogens (tertiary/aromatic N) is 1. The topological polar surface area (TPSA) is 34.1 Å². The van der Waals surface area contributed by atoms with Crippen molar-refractivity contribution >= 4 is 21.6 Å². The lowest BCUT2D eigenvalue weighted by atomic mass is 9.95. The van der Waals surface area contributed by atoms with E-state index in [1.54, 1.807) is 18.4 Å². The smallest absolute Gasteiger partial charge is 0.0809 e. The van der Waals surface area contributed by atoms with Crippen molar-refractivity contribution in [3.8, 4) is 0 Å². The van der Waals surface area contributed by atoms with Gasteiger partial charge in [0.1, 0.15) is 0 Å². The van der Waals surface area contributed by atoms with E-state index in [2.05, 4.69) is 48.6 Å². The van der Waals surface area contributed by atoms with Gasteiger partial charge in [-0.2, -0.15) is 0 Å². The van der Waals surface area contributed by atoms with Crippen LogP contribution in [0.1, 0.15) is 45.2 Å². The highest BCUT2D eigenvalue weighted by atomic mass is 32.1. The summed E-state index contributed by atoms with van der Waals surface area (Å²) in [5.41, 5.74) is 2.29. The van der Waals surface area contributed by atoms with Gasteiger partial charge in [0.05, 0.1) is 15.8 Å². The largest absolute Gasteiger partial charge is 0.379 e. The van der Waals surface area contributed by atoms with Gasteiger partial charge in [-0.05, 0) is 56.3 Å². The number of hydrogen-bond acceptors (Lipinski definition) is 4. The third kappa shape index (κ3) is 3.78. The fourth-order valence-electron chi connectivity index (χ4n) is 2.28. The fraction of sp³-hybridized carbons (Fsp3) is 0.562. The van der Waals surface area contributed by atoms with Gasteiger partial charge in [-0.3, -0.25) is 4.98 Å². The van der Waals surface area contributed by atoms with Crippen molar-refractivity contribution in [2.45, 2.75) is 45.3 Å². The molecule has 0 aliphatic rings. The lowest BCUT2D eigenvalue weighted by Crippen LogP contribution is -2.27. The molecule has 1 N–H and O–H groups in total. The molecule has 0 bridgehead atoms. The molecule has 0 spiro atoms. The van der Waals surface area contributed by atoms with E-state index in [1.165, 1.54) is 10.3 Å². The van der Waals surface area contributed by atoms with Gasteiger partial charge in [0, 0.05) is 19.3 Å². The summed E-state index contributed by atoms with van der Waals surface area (Å²) in [6.07, 6.45) is 4.07. The second-order valence-corrected chi connectivity index (χ2v) is 6.63. The number of nitrogens with one attached hydrogen (secondary N) is 1. The predicted molar refractivity (Wildman–Crippen MR) is 86.4 cm³/mol. The molecule has 0 saturated heterocycles. The van der Waals surface area contributed by atoms with Crippen LogP contribution in [0.4, 0.5) is 0 Å². The van der Waals surface area contributed by atoms with Crippen LogP contribution in [0.3, 0.4) is 0 Å². The van der Waals surface area contributed by atoms with Crippen LogP contribution in [0.25, 0.3) is 10.2 Å². The highest BCUT2D eigenvalue weighted by Crippen LogP contribution is 2.27. The van der Waals surface area contributed by atoms with Crippen LogP contribution in [-0.2, 0) is 4.74 Å². The van der Waals surface area contributed by atoms with E-state index in [0.29, 0.717) is 6.04 Å². The molecule has 1 unspecified atom stereocenters. The van der Waals surface area contributed by atoms with E-state index in [0.717, 1.165) is 24.9 Å². The van der Waals surface area contributed by atoms with Crippen LogP contribution in [0.2, 0.25) is 0 Å². The van der Waals surface area contributed by atoms with Gasteiger partial charge in [-0.15, -0.1) is 11.3 Å². The molecule has 2 aromatic heterocycles. The highest BCUT2D eigenvalue weighted by Gasteiger charge is 2.20. The minimum atomic E-state index is -0.0753. The first-order valence-corrected chi connectivity index (χ1v) is 8.05. The molecule has 0 radical (unpaired) electrons. The third-order valence-corrected chi connectivity index (χ3v) is 4.62. The number of thiophene rings is 1. The lowest BCUT2D eigenvalue weighted by Gasteiger charge is -2.26. The second kappa shape index (κ2) is 6.66. The molecule has 2 aromatic rings. The van der Waals surface area contributed by atoms with Gasteiger partial charge in [0.25, 0.3) is 0 Å². The van der Waals surface area contributed by atoms with Crippen molar-refractivity contribution in [1.29, 1.82) is 0 Å². The quantitative estimate of drug-likeness (QED) is 0.832. The lowest BCUT2D eigenvalue weighted by molar-refractivity contribution is 0.0117. The number of methoxy groups -OCH3 is 1. The average Bonchev–Trinajstić information content (AvgIpc) is 2.90. The van der Waals surface area contributed by atoms with E-state index in [1.807, 2.05) is 6.20 Å². The van der Waals surface area contributed by atoms with Crippen LogP contribution in [0.5, 0.6) is 0 Å². The molecule has 0 fully saturated rings. The summed E-state index contributed by atoms with van der Waals surface area (Å²) in [4.78, 5) is 4.55. The maximum Gasteiger partial charge on any atom is 0.0809 e. The van der Waals surface area contributed by atoms with Crippen molar-refractivity contribution < 1.29 is 4.74 Å².